The molecule has 0 atom stereocenters. The van der Waals surface area contributed by atoms with Crippen LogP contribution in [0, 0.1) is 13.8 Å². The maximum Gasteiger partial charge on any atom is 0.174 e. The van der Waals surface area contributed by atoms with Gasteiger partial charge in [-0.2, -0.15) is 4.37 Å². The van der Waals surface area contributed by atoms with Crippen molar-refractivity contribution < 1.29 is 5.21 Å². The third kappa shape index (κ3) is 3.07. The fraction of sp³-hybridized carbons (Fsp3) is 0.333. The first-order valence-electron chi connectivity index (χ1n) is 6.01. The zero-order valence-electron chi connectivity index (χ0n) is 11.4. The molecule has 0 saturated carbocycles. The van der Waals surface area contributed by atoms with Gasteiger partial charge >= 0.3 is 0 Å². The number of hydrogen-bond donors (Lipinski definition) is 2. The minimum Gasteiger partial charge on any atom is -0.409 e. The molecule has 20 heavy (non-hydrogen) atoms. The second-order valence-electron chi connectivity index (χ2n) is 4.14. The fourth-order valence-corrected chi connectivity index (χ4v) is 3.70. The van der Waals surface area contributed by atoms with E-state index in [2.05, 4.69) is 19.5 Å². The van der Waals surface area contributed by atoms with Crippen LogP contribution in [-0.2, 0) is 6.42 Å². The summed E-state index contributed by atoms with van der Waals surface area (Å²) in [5.74, 6) is 0.878. The molecule has 106 valence electrons. The van der Waals surface area contributed by atoms with Crippen LogP contribution in [0.3, 0.4) is 0 Å². The highest BCUT2D eigenvalue weighted by atomic mass is 32.2. The van der Waals surface area contributed by atoms with Gasteiger partial charge < -0.3 is 10.9 Å². The van der Waals surface area contributed by atoms with E-state index in [1.54, 1.807) is 0 Å². The van der Waals surface area contributed by atoms with E-state index in [9.17, 15) is 0 Å². The number of amidine groups is 1. The average Bonchev–Trinajstić information content (AvgIpc) is 2.85. The zero-order valence-corrected chi connectivity index (χ0v) is 13.0. The molecule has 0 spiro atoms. The molecule has 0 unspecified atom stereocenters. The molecule has 2 aromatic heterocycles. The predicted octanol–water partition coefficient (Wildman–Crippen LogP) is 2.36. The average molecular weight is 309 g/mol. The summed E-state index contributed by atoms with van der Waals surface area (Å²) in [4.78, 5) is 9.63. The Morgan fingerprint density at radius 1 is 1.45 bits per heavy atom. The summed E-state index contributed by atoms with van der Waals surface area (Å²) in [6.07, 6.45) is 0.804. The van der Waals surface area contributed by atoms with Crippen LogP contribution in [0.1, 0.15) is 29.7 Å². The molecule has 3 N–H and O–H groups in total. The first-order chi connectivity index (χ1) is 9.55. The lowest BCUT2D eigenvalue weighted by atomic mass is 10.1. The van der Waals surface area contributed by atoms with Gasteiger partial charge in [0.05, 0.1) is 5.56 Å². The number of hydrogen-bond acceptors (Lipinski definition) is 7. The lowest BCUT2D eigenvalue weighted by Gasteiger charge is -2.10. The number of rotatable bonds is 4. The molecule has 6 nitrogen and oxygen atoms in total. The van der Waals surface area contributed by atoms with Gasteiger partial charge in [0.1, 0.15) is 5.82 Å². The summed E-state index contributed by atoms with van der Waals surface area (Å²) in [5.41, 5.74) is 7.98. The van der Waals surface area contributed by atoms with Crippen molar-refractivity contribution in [3.05, 3.63) is 28.8 Å². The van der Waals surface area contributed by atoms with Crippen LogP contribution in [0.2, 0.25) is 0 Å². The van der Waals surface area contributed by atoms with Crippen molar-refractivity contribution >= 4 is 29.1 Å². The molecular weight excluding hydrogens is 294 g/mol. The Kier molecular flexibility index (Phi) is 4.56. The Balaban J connectivity index is 2.44. The van der Waals surface area contributed by atoms with Crippen LogP contribution in [0.5, 0.6) is 0 Å². The van der Waals surface area contributed by atoms with Gasteiger partial charge in [-0.1, -0.05) is 23.8 Å². The first kappa shape index (κ1) is 14.7. The Morgan fingerprint density at radius 2 is 2.20 bits per heavy atom. The van der Waals surface area contributed by atoms with E-state index < -0.39 is 0 Å². The molecule has 0 aromatic carbocycles. The van der Waals surface area contributed by atoms with Crippen LogP contribution in [0.15, 0.2) is 20.5 Å². The van der Waals surface area contributed by atoms with Crippen molar-refractivity contribution in [2.24, 2.45) is 10.9 Å². The molecule has 0 aliphatic carbocycles. The Hall–Kier alpha value is -1.67. The number of nitrogens with zero attached hydrogens (tertiary/aromatic N) is 4. The highest BCUT2D eigenvalue weighted by molar-refractivity contribution is 8.01. The number of oxime groups is 1. The molecule has 0 saturated heterocycles. The molecular formula is C12H15N5OS2. The van der Waals surface area contributed by atoms with Crippen molar-refractivity contribution in [3.63, 3.8) is 0 Å². The summed E-state index contributed by atoms with van der Waals surface area (Å²) < 4.78 is 5.09. The third-order valence-corrected chi connectivity index (χ3v) is 4.45. The van der Waals surface area contributed by atoms with Crippen molar-refractivity contribution in [2.45, 2.75) is 36.4 Å². The standard InChI is InChI=1S/C12H15N5OS2/c1-4-9-15-12(20-17-9)19-8-5-6(2)14-7(3)10(8)11(13)16-18/h5,18H,4H2,1-3H3,(H2,13,16). The molecule has 0 aliphatic heterocycles. The second kappa shape index (κ2) is 6.19. The van der Waals surface area contributed by atoms with Gasteiger partial charge in [0.15, 0.2) is 10.2 Å². The number of nitrogens with two attached hydrogens (primary N) is 1. The molecule has 0 bridgehead atoms. The zero-order chi connectivity index (χ0) is 14.7. The molecule has 2 rings (SSSR count). The van der Waals surface area contributed by atoms with Gasteiger partial charge in [0.2, 0.25) is 0 Å². The Morgan fingerprint density at radius 3 is 2.80 bits per heavy atom. The minimum atomic E-state index is 0.0535. The minimum absolute atomic E-state index is 0.0535. The highest BCUT2D eigenvalue weighted by Crippen LogP contribution is 2.33. The number of pyridine rings is 1. The van der Waals surface area contributed by atoms with Crippen LogP contribution in [-0.4, -0.2) is 25.4 Å². The van der Waals surface area contributed by atoms with Crippen LogP contribution < -0.4 is 5.73 Å². The number of aryl methyl sites for hydroxylation is 3. The Bertz CT molecular complexity index is 653. The first-order valence-corrected chi connectivity index (χ1v) is 7.60. The summed E-state index contributed by atoms with van der Waals surface area (Å²) in [5, 5.41) is 12.0. The predicted molar refractivity (Wildman–Crippen MR) is 79.6 cm³/mol. The van der Waals surface area contributed by atoms with E-state index in [1.807, 2.05) is 26.8 Å². The molecule has 2 heterocycles. The largest absolute Gasteiger partial charge is 0.409 e. The molecule has 8 heteroatoms. The molecule has 0 fully saturated rings. The maximum atomic E-state index is 8.92. The quantitative estimate of drug-likeness (QED) is 0.389. The van der Waals surface area contributed by atoms with E-state index in [0.717, 1.165) is 32.9 Å². The van der Waals surface area contributed by atoms with E-state index >= 15 is 0 Å². The molecule has 2 aromatic rings. The lowest BCUT2D eigenvalue weighted by Crippen LogP contribution is -2.17. The third-order valence-electron chi connectivity index (χ3n) is 2.62. The van der Waals surface area contributed by atoms with E-state index in [4.69, 9.17) is 10.9 Å². The van der Waals surface area contributed by atoms with Gasteiger partial charge in [0, 0.05) is 22.7 Å². The molecule has 0 amide bonds. The summed E-state index contributed by atoms with van der Waals surface area (Å²) in [6, 6.07) is 1.90. The van der Waals surface area contributed by atoms with Gasteiger partial charge in [-0.25, -0.2) is 4.98 Å². The fourth-order valence-electron chi connectivity index (χ4n) is 1.75. The van der Waals surface area contributed by atoms with Crippen molar-refractivity contribution in [1.29, 1.82) is 0 Å². The van der Waals surface area contributed by atoms with Gasteiger partial charge in [-0.3, -0.25) is 4.98 Å². The summed E-state index contributed by atoms with van der Waals surface area (Å²) in [7, 11) is 0. The monoisotopic (exact) mass is 309 g/mol. The molecule has 0 radical (unpaired) electrons. The van der Waals surface area contributed by atoms with Crippen LogP contribution in [0.25, 0.3) is 0 Å². The SMILES string of the molecule is CCc1nsc(Sc2cc(C)nc(C)c2/C(N)=N/O)n1. The lowest BCUT2D eigenvalue weighted by molar-refractivity contribution is 0.318. The van der Waals surface area contributed by atoms with Gasteiger partial charge in [-0.15, -0.1) is 0 Å². The number of aromatic nitrogens is 3. The van der Waals surface area contributed by atoms with E-state index in [0.29, 0.717) is 5.56 Å². The summed E-state index contributed by atoms with van der Waals surface area (Å²) >= 11 is 2.80. The molecule has 0 aliphatic rings. The maximum absolute atomic E-state index is 8.92. The summed E-state index contributed by atoms with van der Waals surface area (Å²) in [6.45, 7) is 5.76. The smallest absolute Gasteiger partial charge is 0.174 e. The Labute approximate surface area is 125 Å². The van der Waals surface area contributed by atoms with Crippen molar-refractivity contribution in [3.8, 4) is 0 Å². The van der Waals surface area contributed by atoms with Gasteiger partial charge in [0.25, 0.3) is 0 Å². The second-order valence-corrected chi connectivity index (χ2v) is 6.18. The van der Waals surface area contributed by atoms with E-state index in [-0.39, 0.29) is 5.84 Å². The van der Waals surface area contributed by atoms with Gasteiger partial charge in [-0.05, 0) is 31.4 Å². The van der Waals surface area contributed by atoms with E-state index in [1.165, 1.54) is 23.3 Å². The van der Waals surface area contributed by atoms with Crippen LogP contribution in [0.4, 0.5) is 0 Å². The normalized spacial score (nSPS) is 11.8. The highest BCUT2D eigenvalue weighted by Gasteiger charge is 2.15. The van der Waals surface area contributed by atoms with Crippen molar-refractivity contribution in [1.82, 2.24) is 14.3 Å². The van der Waals surface area contributed by atoms with Crippen molar-refractivity contribution in [2.75, 3.05) is 0 Å². The van der Waals surface area contributed by atoms with Crippen LogP contribution >= 0.6 is 23.3 Å². The topological polar surface area (TPSA) is 97.3 Å².